The molecule has 0 saturated carbocycles. The number of nitrogen functional groups attached to an aromatic ring is 1. The van der Waals surface area contributed by atoms with Gasteiger partial charge < -0.3 is 15.1 Å². The third-order valence-corrected chi connectivity index (χ3v) is 2.75. The van der Waals surface area contributed by atoms with Gasteiger partial charge in [0.05, 0.1) is 31.0 Å². The summed E-state index contributed by atoms with van der Waals surface area (Å²) in [6.45, 7) is 0.579. The highest BCUT2D eigenvalue weighted by Crippen LogP contribution is 2.14. The fourth-order valence-corrected chi connectivity index (χ4v) is 1.77. The molecule has 2 N–H and O–H groups in total. The average molecular weight is 270 g/mol. The molecule has 102 valence electrons. The fourth-order valence-electron chi connectivity index (χ4n) is 1.77. The number of rotatable bonds is 5. The van der Waals surface area contributed by atoms with Gasteiger partial charge in [0, 0.05) is 12.7 Å². The number of hydrogen-bond acceptors (Lipinski definition) is 5. The molecule has 1 amide bonds. The van der Waals surface area contributed by atoms with E-state index in [1.54, 1.807) is 24.3 Å². The topological polar surface area (TPSA) is 96.1 Å². The van der Waals surface area contributed by atoms with Crippen LogP contribution in [0, 0.1) is 11.3 Å². The minimum Gasteiger partial charge on any atom is -0.467 e. The molecule has 0 aliphatic rings. The van der Waals surface area contributed by atoms with Gasteiger partial charge in [-0.3, -0.25) is 4.79 Å². The van der Waals surface area contributed by atoms with Crippen molar-refractivity contribution in [2.75, 3.05) is 12.3 Å². The van der Waals surface area contributed by atoms with Gasteiger partial charge in [0.25, 0.3) is 5.91 Å². The predicted octanol–water partition coefficient (Wildman–Crippen LogP) is 1.81. The molecule has 2 aromatic rings. The minimum absolute atomic E-state index is 0.192. The highest BCUT2D eigenvalue weighted by atomic mass is 16.3. The number of hydrogen-bond donors (Lipinski definition) is 1. The first kappa shape index (κ1) is 13.6. The van der Waals surface area contributed by atoms with E-state index in [9.17, 15) is 4.79 Å². The highest BCUT2D eigenvalue weighted by Gasteiger charge is 2.20. The first-order valence-electron chi connectivity index (χ1n) is 6.11. The van der Waals surface area contributed by atoms with Crippen LogP contribution in [-0.4, -0.2) is 22.3 Å². The molecule has 0 unspecified atom stereocenters. The molecule has 2 rings (SSSR count). The summed E-state index contributed by atoms with van der Waals surface area (Å²) in [6, 6.07) is 8.83. The van der Waals surface area contributed by atoms with Crippen molar-refractivity contribution in [1.29, 1.82) is 5.26 Å². The van der Waals surface area contributed by atoms with Gasteiger partial charge in [0.1, 0.15) is 5.76 Å². The molecule has 0 aliphatic heterocycles. The van der Waals surface area contributed by atoms with E-state index >= 15 is 0 Å². The lowest BCUT2D eigenvalue weighted by Gasteiger charge is -2.20. The normalized spacial score (nSPS) is 9.95. The third kappa shape index (κ3) is 3.14. The smallest absolute Gasteiger partial charge is 0.275 e. The summed E-state index contributed by atoms with van der Waals surface area (Å²) in [6.07, 6.45) is 3.29. The molecule has 0 aliphatic carbocycles. The van der Waals surface area contributed by atoms with Crippen LogP contribution < -0.4 is 5.73 Å². The lowest BCUT2D eigenvalue weighted by molar-refractivity contribution is 0.0730. The number of carbonyl (C=O) groups is 1. The maximum Gasteiger partial charge on any atom is 0.275 e. The lowest BCUT2D eigenvalue weighted by atomic mass is 10.2. The molecule has 0 saturated heterocycles. The number of nitrogens with two attached hydrogens (primary N) is 1. The summed E-state index contributed by atoms with van der Waals surface area (Å²) >= 11 is 0. The third-order valence-electron chi connectivity index (χ3n) is 2.75. The van der Waals surface area contributed by atoms with Crippen molar-refractivity contribution >= 4 is 11.6 Å². The lowest BCUT2D eigenvalue weighted by Crippen LogP contribution is -2.32. The van der Waals surface area contributed by atoms with Crippen LogP contribution in [0.1, 0.15) is 22.7 Å². The largest absolute Gasteiger partial charge is 0.467 e. The number of pyridine rings is 1. The van der Waals surface area contributed by atoms with Crippen LogP contribution in [0.5, 0.6) is 0 Å². The minimum atomic E-state index is -0.310. The van der Waals surface area contributed by atoms with Crippen molar-refractivity contribution in [3.8, 4) is 6.07 Å². The van der Waals surface area contributed by atoms with Crippen molar-refractivity contribution in [2.45, 2.75) is 13.0 Å². The van der Waals surface area contributed by atoms with Crippen LogP contribution in [0.4, 0.5) is 5.69 Å². The number of furan rings is 1. The summed E-state index contributed by atoms with van der Waals surface area (Å²) in [5.41, 5.74) is 6.27. The zero-order valence-electron chi connectivity index (χ0n) is 10.8. The van der Waals surface area contributed by atoms with Gasteiger partial charge in [-0.1, -0.05) is 0 Å². The molecular weight excluding hydrogens is 256 g/mol. The Labute approximate surface area is 116 Å². The Morgan fingerprint density at radius 2 is 2.30 bits per heavy atom. The van der Waals surface area contributed by atoms with E-state index in [1.807, 2.05) is 6.07 Å². The Kier molecular flexibility index (Phi) is 4.35. The van der Waals surface area contributed by atoms with Gasteiger partial charge in [-0.15, -0.1) is 0 Å². The molecule has 2 aromatic heterocycles. The van der Waals surface area contributed by atoms with E-state index in [0.717, 1.165) is 0 Å². The van der Waals surface area contributed by atoms with Crippen LogP contribution >= 0.6 is 0 Å². The summed E-state index contributed by atoms with van der Waals surface area (Å²) in [7, 11) is 0. The van der Waals surface area contributed by atoms with E-state index in [-0.39, 0.29) is 24.6 Å². The number of carbonyl (C=O) groups excluding carboxylic acids is 1. The number of nitrogens with zero attached hydrogens (tertiary/aromatic N) is 3. The number of nitriles is 1. The number of anilines is 1. The Morgan fingerprint density at radius 1 is 1.45 bits per heavy atom. The van der Waals surface area contributed by atoms with Gasteiger partial charge in [-0.05, 0) is 24.3 Å². The Hall–Kier alpha value is -2.81. The highest BCUT2D eigenvalue weighted by molar-refractivity contribution is 5.97. The van der Waals surface area contributed by atoms with Crippen LogP contribution in [0.25, 0.3) is 0 Å². The van der Waals surface area contributed by atoms with E-state index in [4.69, 9.17) is 15.4 Å². The first-order valence-corrected chi connectivity index (χ1v) is 6.11. The molecule has 0 fully saturated rings. The van der Waals surface area contributed by atoms with E-state index < -0.39 is 0 Å². The molecule has 0 atom stereocenters. The van der Waals surface area contributed by atoms with Crippen LogP contribution in [0.3, 0.4) is 0 Å². The molecule has 0 aromatic carbocycles. The quantitative estimate of drug-likeness (QED) is 0.893. The Bertz CT molecular complexity index is 616. The Balaban J connectivity index is 2.20. The van der Waals surface area contributed by atoms with Crippen molar-refractivity contribution in [3.63, 3.8) is 0 Å². The SMILES string of the molecule is N#CCCN(Cc1ccco1)C(=O)c1ncccc1N. The maximum absolute atomic E-state index is 12.4. The molecular formula is C14H14N4O2. The maximum atomic E-state index is 12.4. The monoisotopic (exact) mass is 270 g/mol. The van der Waals surface area contributed by atoms with Crippen LogP contribution in [-0.2, 0) is 6.54 Å². The number of amides is 1. The van der Waals surface area contributed by atoms with E-state index in [2.05, 4.69) is 4.98 Å². The standard InChI is InChI=1S/C14H14N4O2/c15-6-3-8-18(10-11-4-2-9-20-11)14(19)13-12(16)5-1-7-17-13/h1-2,4-5,7,9H,3,8,10,16H2. The summed E-state index contributed by atoms with van der Waals surface area (Å²) in [4.78, 5) is 17.9. The van der Waals surface area contributed by atoms with Gasteiger partial charge >= 0.3 is 0 Å². The van der Waals surface area contributed by atoms with Gasteiger partial charge in [0.2, 0.25) is 0 Å². The van der Waals surface area contributed by atoms with Gasteiger partial charge in [-0.2, -0.15) is 5.26 Å². The van der Waals surface area contributed by atoms with Crippen molar-refractivity contribution < 1.29 is 9.21 Å². The summed E-state index contributed by atoms with van der Waals surface area (Å²) in [5, 5.41) is 8.70. The molecule has 0 spiro atoms. The molecule has 0 radical (unpaired) electrons. The zero-order valence-corrected chi connectivity index (χ0v) is 10.8. The number of aromatic nitrogens is 1. The van der Waals surface area contributed by atoms with Crippen LogP contribution in [0.2, 0.25) is 0 Å². The Morgan fingerprint density at radius 3 is 2.95 bits per heavy atom. The summed E-state index contributed by atoms with van der Waals surface area (Å²) in [5.74, 6) is 0.334. The van der Waals surface area contributed by atoms with Crippen LogP contribution in [0.15, 0.2) is 41.1 Å². The zero-order chi connectivity index (χ0) is 14.4. The van der Waals surface area contributed by atoms with Crippen molar-refractivity contribution in [2.24, 2.45) is 0 Å². The predicted molar refractivity (Wildman–Crippen MR) is 72.3 cm³/mol. The van der Waals surface area contributed by atoms with E-state index in [1.165, 1.54) is 17.4 Å². The molecule has 6 nitrogen and oxygen atoms in total. The average Bonchev–Trinajstić information content (AvgIpc) is 2.96. The second-order valence-corrected chi connectivity index (χ2v) is 4.16. The molecule has 0 bridgehead atoms. The summed E-state index contributed by atoms with van der Waals surface area (Å²) < 4.78 is 5.23. The second-order valence-electron chi connectivity index (χ2n) is 4.16. The van der Waals surface area contributed by atoms with Crippen molar-refractivity contribution in [3.05, 3.63) is 48.2 Å². The molecule has 6 heteroatoms. The second kappa shape index (κ2) is 6.38. The van der Waals surface area contributed by atoms with Crippen molar-refractivity contribution in [1.82, 2.24) is 9.88 Å². The van der Waals surface area contributed by atoms with Gasteiger partial charge in [0.15, 0.2) is 5.69 Å². The molecule has 20 heavy (non-hydrogen) atoms. The first-order chi connectivity index (χ1) is 9.72. The van der Waals surface area contributed by atoms with Gasteiger partial charge in [-0.25, -0.2) is 4.98 Å². The van der Waals surface area contributed by atoms with E-state index in [0.29, 0.717) is 18.0 Å². The fraction of sp³-hybridized carbons (Fsp3) is 0.214. The molecule has 2 heterocycles.